The quantitative estimate of drug-likeness (QED) is 0.504. The van der Waals surface area contributed by atoms with Crippen LogP contribution in [0.4, 0.5) is 0 Å². The third kappa shape index (κ3) is 6.87. The monoisotopic (exact) mass is 383 g/mol. The highest BCUT2D eigenvalue weighted by atomic mass is 16.5. The van der Waals surface area contributed by atoms with E-state index in [1.807, 2.05) is 54.6 Å². The molecule has 1 N–H and O–H groups in total. The molecular formula is C22H25NO5. The molecule has 0 aromatic heterocycles. The minimum atomic E-state index is -1.15. The first kappa shape index (κ1) is 21.2. The Kier molecular flexibility index (Phi) is 8.21. The van der Waals surface area contributed by atoms with Crippen molar-refractivity contribution in [2.75, 3.05) is 13.2 Å². The lowest BCUT2D eigenvalue weighted by atomic mass is 10.0. The summed E-state index contributed by atoms with van der Waals surface area (Å²) in [4.78, 5) is 36.7. The fourth-order valence-electron chi connectivity index (χ4n) is 2.93. The van der Waals surface area contributed by atoms with Gasteiger partial charge in [-0.25, -0.2) is 0 Å². The smallest absolute Gasteiger partial charge is 0.312 e. The molecule has 0 unspecified atom stereocenters. The summed E-state index contributed by atoms with van der Waals surface area (Å²) in [5.74, 6) is -1.87. The Hall–Kier alpha value is -3.15. The Bertz CT molecular complexity index is 804. The third-order valence-corrected chi connectivity index (χ3v) is 4.28. The first-order valence-corrected chi connectivity index (χ1v) is 9.25. The second kappa shape index (κ2) is 10.9. The Morgan fingerprint density at radius 3 is 2.25 bits per heavy atom. The molecule has 0 heterocycles. The van der Waals surface area contributed by atoms with Gasteiger partial charge >= 0.3 is 11.9 Å². The lowest BCUT2D eigenvalue weighted by Crippen LogP contribution is -2.34. The summed E-state index contributed by atoms with van der Waals surface area (Å²) in [5.41, 5.74) is 2.73. The minimum absolute atomic E-state index is 0.172. The number of carboxylic acids is 1. The van der Waals surface area contributed by atoms with E-state index in [-0.39, 0.29) is 12.4 Å². The van der Waals surface area contributed by atoms with Crippen molar-refractivity contribution in [3.63, 3.8) is 0 Å². The van der Waals surface area contributed by atoms with Gasteiger partial charge in [0.15, 0.2) is 0 Å². The van der Waals surface area contributed by atoms with Crippen LogP contribution in [0.3, 0.4) is 0 Å². The highest BCUT2D eigenvalue weighted by Gasteiger charge is 2.18. The van der Waals surface area contributed by atoms with E-state index < -0.39 is 18.3 Å². The number of ether oxygens (including phenoxy) is 1. The number of rotatable bonds is 10. The van der Waals surface area contributed by atoms with E-state index in [1.165, 1.54) is 0 Å². The fourth-order valence-corrected chi connectivity index (χ4v) is 2.93. The summed E-state index contributed by atoms with van der Waals surface area (Å²) in [6, 6.07) is 17.0. The zero-order chi connectivity index (χ0) is 20.4. The molecule has 6 nitrogen and oxygen atoms in total. The van der Waals surface area contributed by atoms with E-state index in [0.717, 1.165) is 16.7 Å². The summed E-state index contributed by atoms with van der Waals surface area (Å²) in [6.07, 6.45) is 0.150. The van der Waals surface area contributed by atoms with Crippen LogP contribution in [0, 0.1) is 0 Å². The van der Waals surface area contributed by atoms with Gasteiger partial charge in [-0.05, 0) is 30.0 Å². The molecule has 0 fully saturated rings. The summed E-state index contributed by atoms with van der Waals surface area (Å²) in [6.45, 7) is 2.79. The van der Waals surface area contributed by atoms with Crippen LogP contribution in [0.25, 0.3) is 0 Å². The predicted molar refractivity (Wildman–Crippen MR) is 105 cm³/mol. The molecule has 0 aliphatic rings. The molecule has 28 heavy (non-hydrogen) atoms. The number of benzene rings is 2. The molecule has 0 atom stereocenters. The Labute approximate surface area is 164 Å². The van der Waals surface area contributed by atoms with E-state index in [2.05, 4.69) is 0 Å². The standard InChI is InChI=1S/C22H25NO5/c1-2-28-22(27)14-19-11-7-6-10-18(19)12-13-23(20(24)15-21(25)26)16-17-8-4-3-5-9-17/h3-11H,2,12-16H2,1H3,(H,25,26). The van der Waals surface area contributed by atoms with Crippen molar-refractivity contribution >= 4 is 17.8 Å². The van der Waals surface area contributed by atoms with Crippen molar-refractivity contribution in [3.8, 4) is 0 Å². The maximum absolute atomic E-state index is 12.4. The van der Waals surface area contributed by atoms with E-state index in [9.17, 15) is 14.4 Å². The second-order valence-corrected chi connectivity index (χ2v) is 6.37. The molecule has 0 aliphatic heterocycles. The Balaban J connectivity index is 2.11. The second-order valence-electron chi connectivity index (χ2n) is 6.37. The lowest BCUT2D eigenvalue weighted by Gasteiger charge is -2.23. The summed E-state index contributed by atoms with van der Waals surface area (Å²) in [7, 11) is 0. The van der Waals surface area contributed by atoms with Gasteiger partial charge in [-0.2, -0.15) is 0 Å². The molecule has 2 aromatic carbocycles. The molecule has 0 saturated heterocycles. The van der Waals surface area contributed by atoms with Gasteiger partial charge in [-0.1, -0.05) is 54.6 Å². The number of aliphatic carboxylic acids is 1. The lowest BCUT2D eigenvalue weighted by molar-refractivity contribution is -0.145. The zero-order valence-corrected chi connectivity index (χ0v) is 16.0. The molecule has 1 amide bonds. The fraction of sp³-hybridized carbons (Fsp3) is 0.318. The van der Waals surface area contributed by atoms with Gasteiger partial charge < -0.3 is 14.7 Å². The van der Waals surface area contributed by atoms with Gasteiger partial charge in [0.05, 0.1) is 13.0 Å². The molecule has 0 spiro atoms. The van der Waals surface area contributed by atoms with Crippen molar-refractivity contribution in [1.82, 2.24) is 4.90 Å². The van der Waals surface area contributed by atoms with E-state index >= 15 is 0 Å². The average Bonchev–Trinajstić information content (AvgIpc) is 2.66. The van der Waals surface area contributed by atoms with Gasteiger partial charge in [0.1, 0.15) is 6.42 Å². The maximum Gasteiger partial charge on any atom is 0.312 e. The molecule has 148 valence electrons. The molecule has 6 heteroatoms. The van der Waals surface area contributed by atoms with E-state index in [1.54, 1.807) is 11.8 Å². The normalized spacial score (nSPS) is 10.3. The summed E-state index contributed by atoms with van der Waals surface area (Å²) in [5, 5.41) is 8.98. The molecule has 0 radical (unpaired) electrons. The van der Waals surface area contributed by atoms with Gasteiger partial charge in [-0.15, -0.1) is 0 Å². The van der Waals surface area contributed by atoms with Gasteiger partial charge in [-0.3, -0.25) is 14.4 Å². The van der Waals surface area contributed by atoms with E-state index in [0.29, 0.717) is 26.1 Å². The van der Waals surface area contributed by atoms with Crippen LogP contribution in [-0.4, -0.2) is 41.0 Å². The largest absolute Gasteiger partial charge is 0.481 e. The van der Waals surface area contributed by atoms with Crippen LogP contribution in [0.1, 0.15) is 30.0 Å². The number of carbonyl (C=O) groups is 3. The average molecular weight is 383 g/mol. The number of hydrogen-bond donors (Lipinski definition) is 1. The molecule has 0 aliphatic carbocycles. The first-order valence-electron chi connectivity index (χ1n) is 9.25. The molecular weight excluding hydrogens is 358 g/mol. The number of carboxylic acid groups (broad SMARTS) is 1. The van der Waals surface area contributed by atoms with Gasteiger partial charge in [0.25, 0.3) is 0 Å². The maximum atomic E-state index is 12.4. The minimum Gasteiger partial charge on any atom is -0.481 e. The van der Waals surface area contributed by atoms with Crippen LogP contribution >= 0.6 is 0 Å². The van der Waals surface area contributed by atoms with Crippen LogP contribution in [-0.2, 0) is 38.5 Å². The van der Waals surface area contributed by atoms with Crippen molar-refractivity contribution in [1.29, 1.82) is 0 Å². The summed E-state index contributed by atoms with van der Waals surface area (Å²) < 4.78 is 5.02. The van der Waals surface area contributed by atoms with Gasteiger partial charge in [0, 0.05) is 13.1 Å². The Morgan fingerprint density at radius 1 is 0.964 bits per heavy atom. The number of esters is 1. The van der Waals surface area contributed by atoms with Crippen LogP contribution < -0.4 is 0 Å². The van der Waals surface area contributed by atoms with Crippen LogP contribution in [0.5, 0.6) is 0 Å². The zero-order valence-electron chi connectivity index (χ0n) is 16.0. The number of hydrogen-bond acceptors (Lipinski definition) is 4. The highest BCUT2D eigenvalue weighted by Crippen LogP contribution is 2.14. The molecule has 0 bridgehead atoms. The van der Waals surface area contributed by atoms with Crippen molar-refractivity contribution in [2.24, 2.45) is 0 Å². The number of amides is 1. The molecule has 0 saturated carbocycles. The number of carbonyl (C=O) groups excluding carboxylic acids is 2. The van der Waals surface area contributed by atoms with Gasteiger partial charge in [0.2, 0.25) is 5.91 Å². The van der Waals surface area contributed by atoms with Crippen molar-refractivity contribution < 1.29 is 24.2 Å². The molecule has 2 rings (SSSR count). The summed E-state index contributed by atoms with van der Waals surface area (Å²) >= 11 is 0. The van der Waals surface area contributed by atoms with Crippen LogP contribution in [0.15, 0.2) is 54.6 Å². The van der Waals surface area contributed by atoms with Crippen LogP contribution in [0.2, 0.25) is 0 Å². The predicted octanol–water partition coefficient (Wildman–Crippen LogP) is 2.84. The highest BCUT2D eigenvalue weighted by molar-refractivity contribution is 5.93. The van der Waals surface area contributed by atoms with Crippen molar-refractivity contribution in [2.45, 2.75) is 32.7 Å². The molecule has 2 aromatic rings. The van der Waals surface area contributed by atoms with Crippen molar-refractivity contribution in [3.05, 3.63) is 71.3 Å². The first-order chi connectivity index (χ1) is 13.5. The van der Waals surface area contributed by atoms with E-state index in [4.69, 9.17) is 9.84 Å². The topological polar surface area (TPSA) is 83.9 Å². The Morgan fingerprint density at radius 2 is 1.61 bits per heavy atom. The third-order valence-electron chi connectivity index (χ3n) is 4.28. The SMILES string of the molecule is CCOC(=O)Cc1ccccc1CCN(Cc1ccccc1)C(=O)CC(=O)O. The number of nitrogens with zero attached hydrogens (tertiary/aromatic N) is 1.